The number of amides is 2. The topological polar surface area (TPSA) is 61.4 Å². The number of carbonyl (C=O) groups excluding carboxylic acids is 1. The summed E-state index contributed by atoms with van der Waals surface area (Å²) in [6.45, 7) is 2.22. The number of hydrogen-bond acceptors (Lipinski definition) is 2. The van der Waals surface area contributed by atoms with Gasteiger partial charge in [0, 0.05) is 13.1 Å². The van der Waals surface area contributed by atoms with Gasteiger partial charge in [-0.05, 0) is 24.3 Å². The minimum Gasteiger partial charge on any atom is -0.384 e. The maximum Gasteiger partial charge on any atom is 0.414 e. The van der Waals surface area contributed by atoms with Crippen molar-refractivity contribution in [3.05, 3.63) is 35.9 Å². The lowest BCUT2D eigenvalue weighted by Crippen LogP contribution is -2.39. The molecule has 0 bridgehead atoms. The van der Waals surface area contributed by atoms with Crippen LogP contribution < -0.4 is 10.6 Å². The van der Waals surface area contributed by atoms with E-state index in [2.05, 4.69) is 10.6 Å². The highest BCUT2D eigenvalue weighted by Gasteiger charge is 2.37. The van der Waals surface area contributed by atoms with Crippen LogP contribution in [0.15, 0.2) is 30.3 Å². The molecule has 0 radical (unpaired) electrons. The molecule has 0 aliphatic rings. The Morgan fingerprint density at radius 1 is 1.14 bits per heavy atom. The summed E-state index contributed by atoms with van der Waals surface area (Å²) in [6, 6.07) is 9.29. The first-order valence-corrected chi connectivity index (χ1v) is 7.12. The molecule has 1 rings (SSSR count). The normalized spacial score (nSPS) is 14.2. The monoisotopic (exact) mass is 318 g/mol. The molecule has 0 aliphatic carbocycles. The predicted molar refractivity (Wildman–Crippen MR) is 77.6 cm³/mol. The molecule has 124 valence electrons. The summed E-state index contributed by atoms with van der Waals surface area (Å²) in [7, 11) is 0. The maximum absolute atomic E-state index is 12.0. The minimum absolute atomic E-state index is 0.235. The number of nitrogens with one attached hydrogen (secondary N) is 2. The van der Waals surface area contributed by atoms with E-state index < -0.39 is 24.7 Å². The summed E-state index contributed by atoms with van der Waals surface area (Å²) in [6.07, 6.45) is -6.89. The second-order valence-electron chi connectivity index (χ2n) is 5.13. The quantitative estimate of drug-likeness (QED) is 0.724. The van der Waals surface area contributed by atoms with Gasteiger partial charge in [0.15, 0.2) is 6.10 Å². The zero-order valence-electron chi connectivity index (χ0n) is 12.4. The van der Waals surface area contributed by atoms with Gasteiger partial charge in [0.1, 0.15) is 0 Å². The molecule has 2 amide bonds. The Morgan fingerprint density at radius 3 is 2.23 bits per heavy atom. The van der Waals surface area contributed by atoms with Gasteiger partial charge in [-0.15, -0.1) is 0 Å². The Balaban J connectivity index is 2.16. The Morgan fingerprint density at radius 2 is 1.68 bits per heavy atom. The van der Waals surface area contributed by atoms with Crippen LogP contribution in [0.4, 0.5) is 18.0 Å². The first-order valence-electron chi connectivity index (χ1n) is 7.12. The third-order valence-electron chi connectivity index (χ3n) is 3.31. The van der Waals surface area contributed by atoms with E-state index in [4.69, 9.17) is 5.11 Å². The van der Waals surface area contributed by atoms with Crippen LogP contribution >= 0.6 is 0 Å². The average molecular weight is 318 g/mol. The molecule has 0 aromatic heterocycles. The fourth-order valence-electron chi connectivity index (χ4n) is 1.90. The molecule has 7 heteroatoms. The Bertz CT molecular complexity index is 452. The van der Waals surface area contributed by atoms with Crippen LogP contribution in [0.2, 0.25) is 0 Å². The second-order valence-corrected chi connectivity index (χ2v) is 5.13. The summed E-state index contributed by atoms with van der Waals surface area (Å²) in [5.41, 5.74) is 1.16. The standard InChI is InChI=1S/C15H21F3N2O2/c1-11(12-5-3-2-4-6-12)7-9-19-14(22)20-10-8-13(21)15(16,17)18/h2-6,11,13,21H,7-10H2,1H3,(H2,19,20,22)/t11-,13+/m0/s1. The van der Waals surface area contributed by atoms with Gasteiger partial charge in [0.25, 0.3) is 0 Å². The van der Waals surface area contributed by atoms with E-state index in [0.29, 0.717) is 6.54 Å². The van der Waals surface area contributed by atoms with Crippen LogP contribution in [-0.4, -0.2) is 36.5 Å². The van der Waals surface area contributed by atoms with Gasteiger partial charge in [0.05, 0.1) is 0 Å². The van der Waals surface area contributed by atoms with Crippen molar-refractivity contribution in [2.45, 2.75) is 38.0 Å². The predicted octanol–water partition coefficient (Wildman–Crippen LogP) is 2.79. The Kier molecular flexibility index (Phi) is 7.17. The number of aliphatic hydroxyl groups excluding tert-OH is 1. The number of halogens is 3. The lowest BCUT2D eigenvalue weighted by molar-refractivity contribution is -0.204. The van der Waals surface area contributed by atoms with E-state index in [-0.39, 0.29) is 12.5 Å². The van der Waals surface area contributed by atoms with E-state index in [0.717, 1.165) is 12.0 Å². The first-order chi connectivity index (χ1) is 10.3. The third kappa shape index (κ3) is 6.80. The maximum atomic E-state index is 12.0. The molecule has 0 fully saturated rings. The molecule has 0 spiro atoms. The number of rotatable bonds is 7. The van der Waals surface area contributed by atoms with Gasteiger partial charge in [-0.25, -0.2) is 4.79 Å². The lowest BCUT2D eigenvalue weighted by atomic mass is 9.98. The molecule has 4 nitrogen and oxygen atoms in total. The molecule has 0 saturated heterocycles. The highest BCUT2D eigenvalue weighted by atomic mass is 19.4. The van der Waals surface area contributed by atoms with Crippen molar-refractivity contribution in [3.63, 3.8) is 0 Å². The molecule has 2 atom stereocenters. The third-order valence-corrected chi connectivity index (χ3v) is 3.31. The number of benzene rings is 1. The molecule has 0 heterocycles. The van der Waals surface area contributed by atoms with Crippen LogP contribution in [0.5, 0.6) is 0 Å². The molecular formula is C15H21F3N2O2. The zero-order valence-corrected chi connectivity index (χ0v) is 12.4. The van der Waals surface area contributed by atoms with E-state index >= 15 is 0 Å². The number of carbonyl (C=O) groups is 1. The van der Waals surface area contributed by atoms with Crippen LogP contribution in [0.1, 0.15) is 31.2 Å². The highest BCUT2D eigenvalue weighted by Crippen LogP contribution is 2.21. The van der Waals surface area contributed by atoms with Crippen molar-refractivity contribution >= 4 is 6.03 Å². The Labute approximate surface area is 127 Å². The van der Waals surface area contributed by atoms with Crippen molar-refractivity contribution in [2.24, 2.45) is 0 Å². The molecule has 0 saturated carbocycles. The minimum atomic E-state index is -4.65. The van der Waals surface area contributed by atoms with Gasteiger partial charge >= 0.3 is 12.2 Å². The van der Waals surface area contributed by atoms with Crippen LogP contribution in [-0.2, 0) is 0 Å². The first kappa shape index (κ1) is 18.3. The van der Waals surface area contributed by atoms with E-state index in [9.17, 15) is 18.0 Å². The number of aliphatic hydroxyl groups is 1. The van der Waals surface area contributed by atoms with Crippen LogP contribution in [0.25, 0.3) is 0 Å². The summed E-state index contributed by atoms with van der Waals surface area (Å²) >= 11 is 0. The van der Waals surface area contributed by atoms with Crippen LogP contribution in [0, 0.1) is 0 Å². The van der Waals surface area contributed by atoms with Crippen molar-refractivity contribution in [2.75, 3.05) is 13.1 Å². The summed E-state index contributed by atoms with van der Waals surface area (Å²) < 4.78 is 36.1. The smallest absolute Gasteiger partial charge is 0.384 e. The fraction of sp³-hybridized carbons (Fsp3) is 0.533. The van der Waals surface area contributed by atoms with E-state index in [1.807, 2.05) is 37.3 Å². The van der Waals surface area contributed by atoms with Crippen molar-refractivity contribution in [3.8, 4) is 0 Å². The summed E-state index contributed by atoms with van der Waals surface area (Å²) in [5, 5.41) is 13.6. The van der Waals surface area contributed by atoms with Gasteiger partial charge in [-0.3, -0.25) is 0 Å². The molecule has 0 unspecified atom stereocenters. The number of urea groups is 1. The SMILES string of the molecule is C[C@@H](CCNC(=O)NCC[C@@H](O)C(F)(F)F)c1ccccc1. The number of alkyl halides is 3. The largest absolute Gasteiger partial charge is 0.414 e. The van der Waals surface area contributed by atoms with E-state index in [1.165, 1.54) is 0 Å². The average Bonchev–Trinajstić information content (AvgIpc) is 2.47. The van der Waals surface area contributed by atoms with Gasteiger partial charge in [-0.2, -0.15) is 13.2 Å². The van der Waals surface area contributed by atoms with Crippen molar-refractivity contribution in [1.29, 1.82) is 0 Å². The Hall–Kier alpha value is -1.76. The van der Waals surface area contributed by atoms with E-state index in [1.54, 1.807) is 0 Å². The lowest BCUT2D eigenvalue weighted by Gasteiger charge is -2.15. The van der Waals surface area contributed by atoms with Crippen molar-refractivity contribution in [1.82, 2.24) is 10.6 Å². The van der Waals surface area contributed by atoms with Gasteiger partial charge < -0.3 is 15.7 Å². The van der Waals surface area contributed by atoms with Crippen molar-refractivity contribution < 1.29 is 23.1 Å². The molecular weight excluding hydrogens is 297 g/mol. The van der Waals surface area contributed by atoms with Crippen LogP contribution in [0.3, 0.4) is 0 Å². The molecule has 1 aromatic carbocycles. The molecule has 22 heavy (non-hydrogen) atoms. The highest BCUT2D eigenvalue weighted by molar-refractivity contribution is 5.73. The summed E-state index contributed by atoms with van der Waals surface area (Å²) in [4.78, 5) is 11.4. The van der Waals surface area contributed by atoms with Gasteiger partial charge in [0.2, 0.25) is 0 Å². The zero-order chi connectivity index (χ0) is 16.6. The molecule has 1 aromatic rings. The second kappa shape index (κ2) is 8.63. The summed E-state index contributed by atoms with van der Waals surface area (Å²) in [5.74, 6) is 0.272. The van der Waals surface area contributed by atoms with Gasteiger partial charge in [-0.1, -0.05) is 37.3 Å². The number of hydrogen-bond donors (Lipinski definition) is 3. The molecule has 0 aliphatic heterocycles. The molecule has 3 N–H and O–H groups in total. The fourth-order valence-corrected chi connectivity index (χ4v) is 1.90.